The fraction of sp³-hybridized carbons (Fsp3) is 0.148. The van der Waals surface area contributed by atoms with Gasteiger partial charge in [-0.1, -0.05) is 60.7 Å². The summed E-state index contributed by atoms with van der Waals surface area (Å²) < 4.78 is 39.8. The Morgan fingerprint density at radius 3 is 2.29 bits per heavy atom. The van der Waals surface area contributed by atoms with E-state index in [4.69, 9.17) is 0 Å². The van der Waals surface area contributed by atoms with Crippen LogP contribution in [0.2, 0.25) is 0 Å². The smallest absolute Gasteiger partial charge is 0.330 e. The van der Waals surface area contributed by atoms with Gasteiger partial charge in [0.25, 0.3) is 5.91 Å². The van der Waals surface area contributed by atoms with Crippen molar-refractivity contribution in [3.05, 3.63) is 96.1 Å². The second kappa shape index (κ2) is 9.97. The van der Waals surface area contributed by atoms with E-state index in [1.807, 2.05) is 36.4 Å². The summed E-state index contributed by atoms with van der Waals surface area (Å²) in [5.74, 6) is -1.14. The van der Waals surface area contributed by atoms with E-state index < -0.39 is 30.1 Å². The highest BCUT2D eigenvalue weighted by atomic mass is 19.4. The zero-order chi connectivity index (χ0) is 25.0. The van der Waals surface area contributed by atoms with Gasteiger partial charge in [0.15, 0.2) is 0 Å². The highest BCUT2D eigenvalue weighted by Gasteiger charge is 2.33. The normalized spacial score (nSPS) is 11.3. The molecule has 0 radical (unpaired) electrons. The van der Waals surface area contributed by atoms with Crippen molar-refractivity contribution in [2.45, 2.75) is 13.1 Å². The van der Waals surface area contributed by atoms with Crippen LogP contribution in [0.3, 0.4) is 0 Å². The number of hydrogen-bond donors (Lipinski definition) is 1. The summed E-state index contributed by atoms with van der Waals surface area (Å²) in [6.07, 6.45) is -4.62. The monoisotopic (exact) mass is 477 g/mol. The molecule has 3 aromatic carbocycles. The van der Waals surface area contributed by atoms with Gasteiger partial charge in [-0.2, -0.15) is 13.2 Å². The standard InChI is InChI=1S/C27H22F3N3O2/c1-2-33(17-25(34)32-23-15-9-7-13-21(23)27(28,29)30)26(35)20-16-24(18-10-4-3-5-11-18)31-22-14-8-6-12-19(20)22/h3-16H,2,17H2,1H3,(H,32,34). The van der Waals surface area contributed by atoms with E-state index in [1.165, 1.54) is 23.1 Å². The van der Waals surface area contributed by atoms with Crippen LogP contribution in [-0.4, -0.2) is 34.8 Å². The van der Waals surface area contributed by atoms with E-state index in [1.54, 1.807) is 31.2 Å². The van der Waals surface area contributed by atoms with Crippen molar-refractivity contribution in [2.24, 2.45) is 0 Å². The number of carbonyl (C=O) groups is 2. The first-order chi connectivity index (χ1) is 16.8. The Morgan fingerprint density at radius 1 is 0.914 bits per heavy atom. The summed E-state index contributed by atoms with van der Waals surface area (Å²) in [6.45, 7) is 1.49. The number of anilines is 1. The van der Waals surface area contributed by atoms with Gasteiger partial charge in [0.05, 0.1) is 28.0 Å². The van der Waals surface area contributed by atoms with Crippen molar-refractivity contribution in [2.75, 3.05) is 18.4 Å². The van der Waals surface area contributed by atoms with Crippen LogP contribution in [0.4, 0.5) is 18.9 Å². The van der Waals surface area contributed by atoms with Crippen LogP contribution in [-0.2, 0) is 11.0 Å². The van der Waals surface area contributed by atoms with Crippen LogP contribution in [0, 0.1) is 0 Å². The number of fused-ring (bicyclic) bond motifs is 1. The lowest BCUT2D eigenvalue weighted by Crippen LogP contribution is -2.38. The fourth-order valence-corrected chi connectivity index (χ4v) is 3.81. The van der Waals surface area contributed by atoms with Gasteiger partial charge in [-0.05, 0) is 31.2 Å². The maximum Gasteiger partial charge on any atom is 0.418 e. The molecule has 8 heteroatoms. The lowest BCUT2D eigenvalue weighted by atomic mass is 10.0. The van der Waals surface area contributed by atoms with Crippen LogP contribution in [0.5, 0.6) is 0 Å². The van der Waals surface area contributed by atoms with Gasteiger partial charge in [0.2, 0.25) is 5.91 Å². The predicted molar refractivity (Wildman–Crippen MR) is 129 cm³/mol. The molecule has 178 valence electrons. The molecule has 0 saturated heterocycles. The summed E-state index contributed by atoms with van der Waals surface area (Å²) >= 11 is 0. The maximum atomic E-state index is 13.5. The number of rotatable bonds is 6. The number of nitrogens with one attached hydrogen (secondary N) is 1. The first-order valence-corrected chi connectivity index (χ1v) is 11.0. The summed E-state index contributed by atoms with van der Waals surface area (Å²) in [5.41, 5.74) is 1.12. The Kier molecular flexibility index (Phi) is 6.82. The van der Waals surface area contributed by atoms with E-state index in [2.05, 4.69) is 10.3 Å². The van der Waals surface area contributed by atoms with Gasteiger partial charge in [-0.25, -0.2) is 4.98 Å². The van der Waals surface area contributed by atoms with Crippen LogP contribution < -0.4 is 5.32 Å². The van der Waals surface area contributed by atoms with Crippen molar-refractivity contribution in [3.63, 3.8) is 0 Å². The van der Waals surface area contributed by atoms with Gasteiger partial charge in [0.1, 0.15) is 6.54 Å². The molecule has 0 fully saturated rings. The van der Waals surface area contributed by atoms with Gasteiger partial charge in [-0.15, -0.1) is 0 Å². The van der Waals surface area contributed by atoms with Crippen molar-refractivity contribution < 1.29 is 22.8 Å². The highest BCUT2D eigenvalue weighted by molar-refractivity contribution is 6.08. The molecule has 1 heterocycles. The summed E-state index contributed by atoms with van der Waals surface area (Å²) in [4.78, 5) is 32.2. The number of alkyl halides is 3. The zero-order valence-electron chi connectivity index (χ0n) is 18.8. The molecule has 0 spiro atoms. The largest absolute Gasteiger partial charge is 0.418 e. The van der Waals surface area contributed by atoms with Gasteiger partial charge in [-0.3, -0.25) is 9.59 Å². The third-order valence-electron chi connectivity index (χ3n) is 5.53. The minimum absolute atomic E-state index is 0.185. The number of halogens is 3. The number of aromatic nitrogens is 1. The molecule has 4 aromatic rings. The lowest BCUT2D eigenvalue weighted by Gasteiger charge is -2.22. The molecule has 0 saturated carbocycles. The Labute approximate surface area is 200 Å². The first kappa shape index (κ1) is 23.9. The van der Waals surface area contributed by atoms with Gasteiger partial charge >= 0.3 is 6.18 Å². The van der Waals surface area contributed by atoms with E-state index >= 15 is 0 Å². The number of para-hydroxylation sites is 2. The molecule has 2 amide bonds. The highest BCUT2D eigenvalue weighted by Crippen LogP contribution is 2.34. The second-order valence-corrected chi connectivity index (χ2v) is 7.85. The molecule has 5 nitrogen and oxygen atoms in total. The minimum Gasteiger partial charge on any atom is -0.330 e. The fourth-order valence-electron chi connectivity index (χ4n) is 3.81. The average Bonchev–Trinajstić information content (AvgIpc) is 2.86. The zero-order valence-corrected chi connectivity index (χ0v) is 18.8. The molecule has 1 aromatic heterocycles. The summed E-state index contributed by atoms with van der Waals surface area (Å²) in [7, 11) is 0. The maximum absolute atomic E-state index is 13.5. The molecule has 0 atom stereocenters. The van der Waals surface area contributed by atoms with Gasteiger partial charge < -0.3 is 10.2 Å². The quantitative estimate of drug-likeness (QED) is 0.369. The van der Waals surface area contributed by atoms with Crippen LogP contribution in [0.25, 0.3) is 22.2 Å². The molecule has 0 unspecified atom stereocenters. The van der Waals surface area contributed by atoms with Crippen LogP contribution >= 0.6 is 0 Å². The number of hydrogen-bond acceptors (Lipinski definition) is 3. The molecule has 0 aliphatic rings. The third kappa shape index (κ3) is 5.32. The predicted octanol–water partition coefficient (Wildman–Crippen LogP) is 6.02. The number of pyridine rings is 1. The Hall–Kier alpha value is -4.20. The molecule has 35 heavy (non-hydrogen) atoms. The molecule has 4 rings (SSSR count). The van der Waals surface area contributed by atoms with E-state index in [-0.39, 0.29) is 12.2 Å². The molecule has 0 aliphatic heterocycles. The van der Waals surface area contributed by atoms with E-state index in [0.717, 1.165) is 11.6 Å². The molecule has 0 aliphatic carbocycles. The average molecular weight is 477 g/mol. The SMILES string of the molecule is CCN(CC(=O)Nc1ccccc1C(F)(F)F)C(=O)c1cc(-c2ccccc2)nc2ccccc12. The molecule has 0 bridgehead atoms. The summed E-state index contributed by atoms with van der Waals surface area (Å²) in [6, 6.07) is 23.0. The molecule has 1 N–H and O–H groups in total. The van der Waals surface area contributed by atoms with E-state index in [0.29, 0.717) is 22.2 Å². The minimum atomic E-state index is -4.62. The molecular formula is C27H22F3N3O2. The number of carbonyl (C=O) groups excluding carboxylic acids is 2. The summed E-state index contributed by atoms with van der Waals surface area (Å²) in [5, 5.41) is 2.92. The Balaban J connectivity index is 1.63. The second-order valence-electron chi connectivity index (χ2n) is 7.85. The van der Waals surface area contributed by atoms with Crippen molar-refractivity contribution in [3.8, 4) is 11.3 Å². The topological polar surface area (TPSA) is 62.3 Å². The number of amides is 2. The number of likely N-dealkylation sites (N-methyl/N-ethyl adjacent to an activating group) is 1. The Bertz CT molecular complexity index is 1370. The molecular weight excluding hydrogens is 455 g/mol. The van der Waals surface area contributed by atoms with E-state index in [9.17, 15) is 22.8 Å². The first-order valence-electron chi connectivity index (χ1n) is 11.0. The third-order valence-corrected chi connectivity index (χ3v) is 5.53. The van der Waals surface area contributed by atoms with Crippen LogP contribution in [0.15, 0.2) is 84.9 Å². The number of benzene rings is 3. The van der Waals surface area contributed by atoms with Crippen molar-refractivity contribution >= 4 is 28.4 Å². The lowest BCUT2D eigenvalue weighted by molar-refractivity contribution is -0.137. The van der Waals surface area contributed by atoms with Crippen LogP contribution in [0.1, 0.15) is 22.8 Å². The Morgan fingerprint density at radius 2 is 1.57 bits per heavy atom. The number of nitrogens with zero attached hydrogens (tertiary/aromatic N) is 2. The van der Waals surface area contributed by atoms with Crippen molar-refractivity contribution in [1.29, 1.82) is 0 Å². The van der Waals surface area contributed by atoms with Gasteiger partial charge in [0, 0.05) is 17.5 Å². The van der Waals surface area contributed by atoms with Crippen molar-refractivity contribution in [1.82, 2.24) is 9.88 Å².